The van der Waals surface area contributed by atoms with Gasteiger partial charge < -0.3 is 0 Å². The van der Waals surface area contributed by atoms with E-state index in [4.69, 9.17) is 0 Å². The molecule has 0 atom stereocenters. The van der Waals surface area contributed by atoms with Gasteiger partial charge in [0, 0.05) is 30.1 Å². The molecule has 4 aromatic rings. The third kappa shape index (κ3) is 3.15. The molecule has 0 fully saturated rings. The van der Waals surface area contributed by atoms with Gasteiger partial charge in [-0.1, -0.05) is 18.2 Å². The topological polar surface area (TPSA) is 104 Å². The SMILES string of the molecule is O=c1c2cccnc2c(-c2cccc([N+](=O)[O-])c2)nn1Cc1ccccn1. The van der Waals surface area contributed by atoms with Crippen LogP contribution in [0.3, 0.4) is 0 Å². The predicted octanol–water partition coefficient (Wildman–Crippen LogP) is 2.81. The van der Waals surface area contributed by atoms with Crippen molar-refractivity contribution < 1.29 is 4.92 Å². The number of non-ortho nitro benzene ring substituents is 1. The van der Waals surface area contributed by atoms with Crippen molar-refractivity contribution in [1.82, 2.24) is 19.7 Å². The van der Waals surface area contributed by atoms with Gasteiger partial charge in [-0.15, -0.1) is 0 Å². The van der Waals surface area contributed by atoms with Gasteiger partial charge in [0.25, 0.3) is 11.2 Å². The van der Waals surface area contributed by atoms with Crippen LogP contribution in [-0.2, 0) is 6.54 Å². The van der Waals surface area contributed by atoms with Crippen LogP contribution in [0.2, 0.25) is 0 Å². The molecule has 0 amide bonds. The number of hydrogen-bond acceptors (Lipinski definition) is 6. The summed E-state index contributed by atoms with van der Waals surface area (Å²) in [5.74, 6) is 0. The number of nitro groups is 1. The van der Waals surface area contributed by atoms with E-state index in [1.165, 1.54) is 16.8 Å². The number of aromatic nitrogens is 4. The van der Waals surface area contributed by atoms with E-state index in [9.17, 15) is 14.9 Å². The quantitative estimate of drug-likeness (QED) is 0.410. The number of nitrogens with zero attached hydrogens (tertiary/aromatic N) is 5. The van der Waals surface area contributed by atoms with Crippen molar-refractivity contribution >= 4 is 16.6 Å². The lowest BCUT2D eigenvalue weighted by Gasteiger charge is -2.10. The van der Waals surface area contributed by atoms with Gasteiger partial charge in [0.2, 0.25) is 0 Å². The molecule has 132 valence electrons. The molecule has 0 bridgehead atoms. The van der Waals surface area contributed by atoms with E-state index in [-0.39, 0.29) is 17.8 Å². The molecule has 0 N–H and O–H groups in total. The van der Waals surface area contributed by atoms with E-state index in [0.29, 0.717) is 27.9 Å². The maximum absolute atomic E-state index is 12.8. The average Bonchev–Trinajstić information content (AvgIpc) is 2.71. The number of hydrogen-bond donors (Lipinski definition) is 0. The van der Waals surface area contributed by atoms with Crippen LogP contribution in [-0.4, -0.2) is 24.7 Å². The maximum Gasteiger partial charge on any atom is 0.276 e. The van der Waals surface area contributed by atoms with E-state index < -0.39 is 4.92 Å². The second-order valence-electron chi connectivity index (χ2n) is 5.84. The van der Waals surface area contributed by atoms with Crippen molar-refractivity contribution in [3.63, 3.8) is 0 Å². The van der Waals surface area contributed by atoms with E-state index >= 15 is 0 Å². The highest BCUT2D eigenvalue weighted by Crippen LogP contribution is 2.26. The predicted molar refractivity (Wildman–Crippen MR) is 99.2 cm³/mol. The average molecular weight is 359 g/mol. The molecule has 0 saturated heterocycles. The Hall–Kier alpha value is -3.94. The molecule has 0 unspecified atom stereocenters. The largest absolute Gasteiger partial charge is 0.276 e. The Labute approximate surface area is 152 Å². The molecule has 0 aliphatic rings. The second-order valence-corrected chi connectivity index (χ2v) is 5.84. The summed E-state index contributed by atoms with van der Waals surface area (Å²) in [5, 5.41) is 16.0. The van der Waals surface area contributed by atoms with Crippen LogP contribution < -0.4 is 5.56 Å². The summed E-state index contributed by atoms with van der Waals surface area (Å²) in [7, 11) is 0. The summed E-state index contributed by atoms with van der Waals surface area (Å²) in [5.41, 5.74) is 1.66. The molecule has 0 aliphatic heterocycles. The molecule has 27 heavy (non-hydrogen) atoms. The molecule has 8 heteroatoms. The second kappa shape index (κ2) is 6.75. The summed E-state index contributed by atoms with van der Waals surface area (Å²) in [6, 6.07) is 14.9. The molecular weight excluding hydrogens is 346 g/mol. The highest BCUT2D eigenvalue weighted by atomic mass is 16.6. The molecule has 1 aromatic carbocycles. The van der Waals surface area contributed by atoms with Crippen LogP contribution in [0.15, 0.2) is 71.8 Å². The molecule has 4 rings (SSSR count). The number of nitro benzene ring substituents is 1. The van der Waals surface area contributed by atoms with Crippen LogP contribution in [0, 0.1) is 10.1 Å². The van der Waals surface area contributed by atoms with Crippen molar-refractivity contribution in [3.8, 4) is 11.3 Å². The zero-order valence-electron chi connectivity index (χ0n) is 14.0. The van der Waals surface area contributed by atoms with Gasteiger partial charge in [-0.25, -0.2) is 4.68 Å². The van der Waals surface area contributed by atoms with Gasteiger partial charge >= 0.3 is 0 Å². The van der Waals surface area contributed by atoms with Crippen molar-refractivity contribution in [2.24, 2.45) is 0 Å². The summed E-state index contributed by atoms with van der Waals surface area (Å²) < 4.78 is 1.31. The molecule has 3 aromatic heterocycles. The van der Waals surface area contributed by atoms with Crippen LogP contribution in [0.25, 0.3) is 22.2 Å². The number of pyridine rings is 2. The molecule has 0 aliphatic carbocycles. The Morgan fingerprint density at radius 2 is 1.85 bits per heavy atom. The Morgan fingerprint density at radius 3 is 2.63 bits per heavy atom. The lowest BCUT2D eigenvalue weighted by molar-refractivity contribution is -0.384. The van der Waals surface area contributed by atoms with Gasteiger partial charge in [0.1, 0.15) is 11.2 Å². The smallest absolute Gasteiger partial charge is 0.267 e. The number of benzene rings is 1. The van der Waals surface area contributed by atoms with Crippen molar-refractivity contribution in [2.75, 3.05) is 0 Å². The van der Waals surface area contributed by atoms with Crippen molar-refractivity contribution in [3.05, 3.63) is 93.2 Å². The highest BCUT2D eigenvalue weighted by molar-refractivity contribution is 5.90. The van der Waals surface area contributed by atoms with E-state index in [0.717, 1.165) is 0 Å². The summed E-state index contributed by atoms with van der Waals surface area (Å²) >= 11 is 0. The molecule has 0 saturated carbocycles. The van der Waals surface area contributed by atoms with Gasteiger partial charge in [-0.05, 0) is 24.3 Å². The third-order valence-corrected chi connectivity index (χ3v) is 4.09. The third-order valence-electron chi connectivity index (χ3n) is 4.09. The minimum atomic E-state index is -0.469. The number of fused-ring (bicyclic) bond motifs is 1. The van der Waals surface area contributed by atoms with E-state index in [2.05, 4.69) is 15.1 Å². The normalized spacial score (nSPS) is 10.8. The van der Waals surface area contributed by atoms with Crippen molar-refractivity contribution in [1.29, 1.82) is 0 Å². The molecular formula is C19H13N5O3. The minimum absolute atomic E-state index is 0.0548. The standard InChI is InChI=1S/C19H13N5O3/c25-19-16-8-4-10-21-18(16)17(13-5-3-7-15(11-13)24(26)27)22-23(19)12-14-6-1-2-9-20-14/h1-11H,12H2. The first kappa shape index (κ1) is 16.5. The molecule has 8 nitrogen and oxygen atoms in total. The van der Waals surface area contributed by atoms with Crippen molar-refractivity contribution in [2.45, 2.75) is 6.54 Å². The summed E-state index contributed by atoms with van der Waals surface area (Å²) in [6.07, 6.45) is 3.21. The Morgan fingerprint density at radius 1 is 1.00 bits per heavy atom. The van der Waals surface area contributed by atoms with Crippen LogP contribution in [0.4, 0.5) is 5.69 Å². The van der Waals surface area contributed by atoms with Gasteiger partial charge in [0.05, 0.1) is 22.5 Å². The Bertz CT molecular complexity index is 1200. The summed E-state index contributed by atoms with van der Waals surface area (Å²) in [4.78, 5) is 32.0. The Kier molecular flexibility index (Phi) is 4.13. The molecule has 3 heterocycles. The van der Waals surface area contributed by atoms with Crippen LogP contribution in [0.1, 0.15) is 5.69 Å². The fourth-order valence-electron chi connectivity index (χ4n) is 2.83. The molecule has 0 radical (unpaired) electrons. The van der Waals surface area contributed by atoms with Gasteiger partial charge in [-0.3, -0.25) is 24.9 Å². The molecule has 0 spiro atoms. The maximum atomic E-state index is 12.8. The lowest BCUT2D eigenvalue weighted by atomic mass is 10.1. The zero-order valence-corrected chi connectivity index (χ0v) is 14.0. The van der Waals surface area contributed by atoms with Gasteiger partial charge in [0.15, 0.2) is 0 Å². The first-order valence-electron chi connectivity index (χ1n) is 8.14. The first-order valence-corrected chi connectivity index (χ1v) is 8.14. The van der Waals surface area contributed by atoms with E-state index in [1.54, 1.807) is 48.8 Å². The Balaban J connectivity index is 1.94. The fraction of sp³-hybridized carbons (Fsp3) is 0.0526. The fourth-order valence-corrected chi connectivity index (χ4v) is 2.83. The van der Waals surface area contributed by atoms with Crippen LogP contribution in [0.5, 0.6) is 0 Å². The lowest BCUT2D eigenvalue weighted by Crippen LogP contribution is -2.25. The number of rotatable bonds is 4. The van der Waals surface area contributed by atoms with Gasteiger partial charge in [-0.2, -0.15) is 5.10 Å². The summed E-state index contributed by atoms with van der Waals surface area (Å²) in [6.45, 7) is 0.187. The van der Waals surface area contributed by atoms with Crippen LogP contribution >= 0.6 is 0 Å². The first-order chi connectivity index (χ1) is 13.1. The van der Waals surface area contributed by atoms with E-state index in [1.807, 2.05) is 6.07 Å². The highest BCUT2D eigenvalue weighted by Gasteiger charge is 2.16. The monoisotopic (exact) mass is 359 g/mol. The minimum Gasteiger partial charge on any atom is -0.267 e. The zero-order chi connectivity index (χ0) is 18.8.